The number of rotatable bonds is 1. The van der Waals surface area contributed by atoms with Crippen molar-refractivity contribution in [2.45, 2.75) is 26.3 Å². The fourth-order valence-electron chi connectivity index (χ4n) is 1.07. The number of aromatic nitrogens is 1. The minimum atomic E-state index is -0.971. The second-order valence-electron chi connectivity index (χ2n) is 3.74. The van der Waals surface area contributed by atoms with E-state index in [1.807, 2.05) is 20.8 Å². The van der Waals surface area contributed by atoms with E-state index in [9.17, 15) is 4.79 Å². The van der Waals surface area contributed by atoms with E-state index in [1.165, 1.54) is 16.2 Å². The number of carbonyl (C=O) groups is 1. The molecule has 4 nitrogen and oxygen atoms in total. The van der Waals surface area contributed by atoms with E-state index in [2.05, 4.69) is 27.6 Å². The van der Waals surface area contributed by atoms with Crippen molar-refractivity contribution in [2.75, 3.05) is 4.90 Å². The maximum Gasteiger partial charge on any atom is 0.413 e. The lowest BCUT2D eigenvalue weighted by Gasteiger charge is -2.31. The van der Waals surface area contributed by atoms with Gasteiger partial charge in [-0.05, 0) is 43.4 Å². The SMILES string of the molecule is CC(C)(C)N(C(=O)O)c1ncsc1I. The molecule has 1 N–H and O–H groups in total. The molecule has 0 saturated heterocycles. The van der Waals surface area contributed by atoms with E-state index in [1.54, 1.807) is 5.51 Å². The Morgan fingerprint density at radius 2 is 2.21 bits per heavy atom. The topological polar surface area (TPSA) is 53.4 Å². The Morgan fingerprint density at radius 1 is 1.64 bits per heavy atom. The Kier molecular flexibility index (Phi) is 3.36. The normalized spacial score (nSPS) is 11.4. The van der Waals surface area contributed by atoms with Crippen LogP contribution in [0.4, 0.5) is 10.6 Å². The summed E-state index contributed by atoms with van der Waals surface area (Å²) >= 11 is 3.53. The first-order valence-electron chi connectivity index (χ1n) is 3.96. The molecule has 1 aromatic heterocycles. The molecule has 0 aliphatic heterocycles. The van der Waals surface area contributed by atoms with Gasteiger partial charge in [-0.15, -0.1) is 11.3 Å². The van der Waals surface area contributed by atoms with Gasteiger partial charge in [0.05, 0.1) is 5.51 Å². The van der Waals surface area contributed by atoms with Crippen LogP contribution >= 0.6 is 33.9 Å². The van der Waals surface area contributed by atoms with Gasteiger partial charge in [0.25, 0.3) is 0 Å². The predicted octanol–water partition coefficient (Wildman–Crippen LogP) is 3.03. The third-order valence-corrected chi connectivity index (χ3v) is 3.43. The molecule has 0 spiro atoms. The quantitative estimate of drug-likeness (QED) is 0.807. The van der Waals surface area contributed by atoms with Gasteiger partial charge in [-0.3, -0.25) is 4.90 Å². The summed E-state index contributed by atoms with van der Waals surface area (Å²) in [6, 6.07) is 0. The zero-order valence-electron chi connectivity index (χ0n) is 8.11. The summed E-state index contributed by atoms with van der Waals surface area (Å²) in [5.41, 5.74) is 1.18. The van der Waals surface area contributed by atoms with Gasteiger partial charge in [-0.2, -0.15) is 0 Å². The molecule has 78 valence electrons. The number of thiazole rings is 1. The van der Waals surface area contributed by atoms with Crippen LogP contribution in [0.1, 0.15) is 20.8 Å². The van der Waals surface area contributed by atoms with Crippen LogP contribution in [0, 0.1) is 2.88 Å². The van der Waals surface area contributed by atoms with E-state index >= 15 is 0 Å². The summed E-state index contributed by atoms with van der Waals surface area (Å²) in [6.07, 6.45) is -0.971. The third kappa shape index (κ3) is 2.35. The molecule has 0 fully saturated rings. The lowest BCUT2D eigenvalue weighted by atomic mass is 10.1. The van der Waals surface area contributed by atoms with E-state index in [0.717, 1.165) is 2.88 Å². The van der Waals surface area contributed by atoms with Crippen molar-refractivity contribution in [3.8, 4) is 0 Å². The fourth-order valence-corrected chi connectivity index (χ4v) is 2.28. The average Bonchev–Trinajstić information content (AvgIpc) is 2.32. The minimum absolute atomic E-state index is 0.472. The van der Waals surface area contributed by atoms with Crippen molar-refractivity contribution in [1.82, 2.24) is 4.98 Å². The second-order valence-corrected chi connectivity index (χ2v) is 6.40. The van der Waals surface area contributed by atoms with Crippen molar-refractivity contribution in [3.63, 3.8) is 0 Å². The van der Waals surface area contributed by atoms with Gasteiger partial charge >= 0.3 is 6.09 Å². The van der Waals surface area contributed by atoms with Crippen molar-refractivity contribution in [2.24, 2.45) is 0 Å². The van der Waals surface area contributed by atoms with Crippen molar-refractivity contribution < 1.29 is 9.90 Å². The summed E-state index contributed by atoms with van der Waals surface area (Å²) in [6.45, 7) is 5.53. The molecule has 0 aliphatic rings. The molecule has 0 bridgehead atoms. The summed E-state index contributed by atoms with van der Waals surface area (Å²) in [5, 5.41) is 9.09. The van der Waals surface area contributed by atoms with Gasteiger partial charge < -0.3 is 5.11 Å². The lowest BCUT2D eigenvalue weighted by Crippen LogP contribution is -2.45. The van der Waals surface area contributed by atoms with Gasteiger partial charge in [0, 0.05) is 5.54 Å². The fraction of sp³-hybridized carbons (Fsp3) is 0.500. The lowest BCUT2D eigenvalue weighted by molar-refractivity contribution is 0.195. The number of halogens is 1. The third-order valence-electron chi connectivity index (χ3n) is 1.58. The Morgan fingerprint density at radius 3 is 2.50 bits per heavy atom. The minimum Gasteiger partial charge on any atom is -0.465 e. The zero-order valence-corrected chi connectivity index (χ0v) is 11.1. The Hall–Kier alpha value is -0.370. The van der Waals surface area contributed by atoms with E-state index in [4.69, 9.17) is 5.11 Å². The average molecular weight is 326 g/mol. The molecule has 0 aliphatic carbocycles. The van der Waals surface area contributed by atoms with Gasteiger partial charge in [-0.25, -0.2) is 9.78 Å². The van der Waals surface area contributed by atoms with Crippen molar-refractivity contribution in [1.29, 1.82) is 0 Å². The Balaban J connectivity index is 3.14. The molecular weight excluding hydrogens is 315 g/mol. The van der Waals surface area contributed by atoms with Crippen LogP contribution in [-0.4, -0.2) is 21.7 Å². The van der Waals surface area contributed by atoms with Gasteiger partial charge in [-0.1, -0.05) is 0 Å². The number of carboxylic acid groups (broad SMARTS) is 1. The molecule has 1 rings (SSSR count). The Bertz CT molecular complexity index is 345. The highest BCUT2D eigenvalue weighted by Gasteiger charge is 2.30. The molecule has 6 heteroatoms. The molecule has 1 aromatic rings. The number of amides is 1. The van der Waals surface area contributed by atoms with E-state index in [-0.39, 0.29) is 0 Å². The summed E-state index contributed by atoms with van der Waals surface area (Å²) in [4.78, 5) is 16.4. The molecule has 0 radical (unpaired) electrons. The van der Waals surface area contributed by atoms with Crippen LogP contribution < -0.4 is 4.90 Å². The first kappa shape index (κ1) is 11.7. The molecule has 0 atom stereocenters. The van der Waals surface area contributed by atoms with Gasteiger partial charge in [0.1, 0.15) is 2.88 Å². The van der Waals surface area contributed by atoms with Crippen LogP contribution in [0.5, 0.6) is 0 Å². The van der Waals surface area contributed by atoms with Gasteiger partial charge in [0.15, 0.2) is 5.82 Å². The highest BCUT2D eigenvalue weighted by molar-refractivity contribution is 14.1. The monoisotopic (exact) mass is 326 g/mol. The first-order chi connectivity index (χ1) is 6.34. The molecule has 0 aromatic carbocycles. The Labute approximate surface area is 100 Å². The highest BCUT2D eigenvalue weighted by atomic mass is 127. The largest absolute Gasteiger partial charge is 0.465 e. The van der Waals surface area contributed by atoms with Crippen LogP contribution in [0.3, 0.4) is 0 Å². The van der Waals surface area contributed by atoms with Crippen LogP contribution in [0.25, 0.3) is 0 Å². The smallest absolute Gasteiger partial charge is 0.413 e. The first-order valence-corrected chi connectivity index (χ1v) is 5.92. The standard InChI is InChI=1S/C8H11IN2O2S/c1-8(2,3)11(7(12)13)6-5(9)14-4-10-6/h4H,1-3H3,(H,12,13). The molecule has 0 saturated carbocycles. The summed E-state index contributed by atoms with van der Waals surface area (Å²) < 4.78 is 0.889. The number of nitrogens with zero attached hydrogens (tertiary/aromatic N) is 2. The van der Waals surface area contributed by atoms with E-state index < -0.39 is 11.6 Å². The zero-order chi connectivity index (χ0) is 10.9. The van der Waals surface area contributed by atoms with Crippen LogP contribution in [-0.2, 0) is 0 Å². The highest BCUT2D eigenvalue weighted by Crippen LogP contribution is 2.29. The molecule has 1 heterocycles. The van der Waals surface area contributed by atoms with Crippen molar-refractivity contribution in [3.05, 3.63) is 8.39 Å². The van der Waals surface area contributed by atoms with Gasteiger partial charge in [0.2, 0.25) is 0 Å². The number of anilines is 1. The molecule has 14 heavy (non-hydrogen) atoms. The summed E-state index contributed by atoms with van der Waals surface area (Å²) in [5.74, 6) is 0.524. The maximum absolute atomic E-state index is 11.1. The maximum atomic E-state index is 11.1. The van der Waals surface area contributed by atoms with Crippen LogP contribution in [0.2, 0.25) is 0 Å². The number of hydrogen-bond donors (Lipinski definition) is 1. The predicted molar refractivity (Wildman–Crippen MR) is 65.1 cm³/mol. The van der Waals surface area contributed by atoms with Crippen molar-refractivity contribution >= 4 is 45.8 Å². The van der Waals surface area contributed by atoms with Crippen LogP contribution in [0.15, 0.2) is 5.51 Å². The van der Waals surface area contributed by atoms with E-state index in [0.29, 0.717) is 5.82 Å². The molecule has 0 unspecified atom stereocenters. The molecule has 1 amide bonds. The summed E-state index contributed by atoms with van der Waals surface area (Å²) in [7, 11) is 0. The second kappa shape index (κ2) is 4.01. The molecular formula is C8H11IN2O2S. The number of hydrogen-bond acceptors (Lipinski definition) is 3.